The summed E-state index contributed by atoms with van der Waals surface area (Å²) in [5, 5.41) is 0. The molecule has 1 aromatic rings. The lowest BCUT2D eigenvalue weighted by atomic mass is 10.4. The van der Waals surface area contributed by atoms with Crippen LogP contribution in [0.3, 0.4) is 0 Å². The van der Waals surface area contributed by atoms with Gasteiger partial charge in [0.1, 0.15) is 24.7 Å². The molecule has 0 fully saturated rings. The zero-order valence-electron chi connectivity index (χ0n) is 8.29. The van der Waals surface area contributed by atoms with Crippen molar-refractivity contribution in [1.29, 1.82) is 0 Å². The van der Waals surface area contributed by atoms with Gasteiger partial charge >= 0.3 is 0 Å². The molecule has 78 valence electrons. The van der Waals surface area contributed by atoms with Crippen molar-refractivity contribution >= 4 is 5.91 Å². The molecule has 0 aromatic carbocycles. The van der Waals surface area contributed by atoms with Crippen LogP contribution >= 0.6 is 0 Å². The van der Waals surface area contributed by atoms with Gasteiger partial charge in [-0.3, -0.25) is 10.2 Å². The highest BCUT2D eigenvalue weighted by Gasteiger charge is 2.01. The summed E-state index contributed by atoms with van der Waals surface area (Å²) in [4.78, 5) is 10.9. The third-order valence-corrected chi connectivity index (χ3v) is 1.54. The lowest BCUT2D eigenvalue weighted by molar-refractivity contribution is -0.127. The Labute approximate surface area is 82.4 Å². The second kappa shape index (κ2) is 5.41. The molecular formula is C9H14N2O3. The molecule has 0 saturated heterocycles. The molecule has 0 spiro atoms. The molecule has 0 radical (unpaired) electrons. The fourth-order valence-corrected chi connectivity index (χ4v) is 0.983. The molecule has 1 aromatic heterocycles. The molecule has 0 saturated carbocycles. The van der Waals surface area contributed by atoms with E-state index in [1.165, 1.54) is 0 Å². The topological polar surface area (TPSA) is 63.5 Å². The molecule has 0 aliphatic heterocycles. The fourth-order valence-electron chi connectivity index (χ4n) is 0.983. The van der Waals surface area contributed by atoms with E-state index in [1.807, 2.05) is 19.1 Å². The molecule has 0 unspecified atom stereocenters. The molecule has 1 rings (SSSR count). The average Bonchev–Trinajstić information content (AvgIpc) is 2.52. The van der Waals surface area contributed by atoms with E-state index in [4.69, 9.17) is 9.15 Å². The van der Waals surface area contributed by atoms with Gasteiger partial charge in [-0.1, -0.05) is 0 Å². The van der Waals surface area contributed by atoms with Gasteiger partial charge in [0.05, 0.1) is 0 Å². The number of amides is 1. The van der Waals surface area contributed by atoms with Gasteiger partial charge in [-0.05, 0) is 19.1 Å². The fraction of sp³-hybridized carbons (Fsp3) is 0.444. The number of hydrogen-bond acceptors (Lipinski definition) is 4. The lowest BCUT2D eigenvalue weighted by Gasteiger charge is -2.02. The maximum absolute atomic E-state index is 10.9. The van der Waals surface area contributed by atoms with Gasteiger partial charge in [0.15, 0.2) is 0 Å². The van der Waals surface area contributed by atoms with Crippen molar-refractivity contribution in [1.82, 2.24) is 10.9 Å². The van der Waals surface area contributed by atoms with E-state index in [0.29, 0.717) is 6.61 Å². The Morgan fingerprint density at radius 3 is 2.93 bits per heavy atom. The summed E-state index contributed by atoms with van der Waals surface area (Å²) >= 11 is 0. The number of furan rings is 1. The highest BCUT2D eigenvalue weighted by Crippen LogP contribution is 2.06. The third-order valence-electron chi connectivity index (χ3n) is 1.54. The predicted molar refractivity (Wildman–Crippen MR) is 50.3 cm³/mol. The summed E-state index contributed by atoms with van der Waals surface area (Å²) in [6.45, 7) is 2.18. The number of carbonyl (C=O) groups excluding carboxylic acids is 1. The molecule has 1 amide bonds. The third kappa shape index (κ3) is 3.59. The summed E-state index contributed by atoms with van der Waals surface area (Å²) in [5.41, 5.74) is 4.91. The zero-order chi connectivity index (χ0) is 10.4. The number of nitrogens with one attached hydrogen (secondary N) is 2. The molecule has 2 N–H and O–H groups in total. The summed E-state index contributed by atoms with van der Waals surface area (Å²) in [7, 11) is 1.62. The van der Waals surface area contributed by atoms with E-state index in [9.17, 15) is 4.79 Å². The van der Waals surface area contributed by atoms with Crippen LogP contribution in [0.2, 0.25) is 0 Å². The highest BCUT2D eigenvalue weighted by molar-refractivity contribution is 5.76. The normalized spacial score (nSPS) is 10.1. The van der Waals surface area contributed by atoms with Crippen molar-refractivity contribution in [3.63, 3.8) is 0 Å². The van der Waals surface area contributed by atoms with Crippen LogP contribution in [0.5, 0.6) is 0 Å². The van der Waals surface area contributed by atoms with Crippen molar-refractivity contribution in [3.8, 4) is 0 Å². The maximum atomic E-state index is 10.9. The smallest absolute Gasteiger partial charge is 0.260 e. The lowest BCUT2D eigenvalue weighted by Crippen LogP contribution is -2.36. The number of aryl methyl sites for hydroxylation is 1. The summed E-state index contributed by atoms with van der Waals surface area (Å²) in [6, 6.07) is 3.68. The molecule has 1 heterocycles. The van der Waals surface area contributed by atoms with Gasteiger partial charge in [0, 0.05) is 7.05 Å². The Bertz CT molecular complexity index is 296. The first-order valence-corrected chi connectivity index (χ1v) is 4.31. The van der Waals surface area contributed by atoms with Crippen LogP contribution in [0.25, 0.3) is 0 Å². The summed E-state index contributed by atoms with van der Waals surface area (Å²) < 4.78 is 10.4. The highest BCUT2D eigenvalue weighted by atomic mass is 16.5. The first kappa shape index (κ1) is 10.7. The quantitative estimate of drug-likeness (QED) is 0.670. The molecule has 0 aliphatic carbocycles. The molecular weight excluding hydrogens is 184 g/mol. The van der Waals surface area contributed by atoms with E-state index in [2.05, 4.69) is 10.9 Å². The second-order valence-corrected chi connectivity index (χ2v) is 2.80. The molecule has 0 bridgehead atoms. The second-order valence-electron chi connectivity index (χ2n) is 2.80. The van der Waals surface area contributed by atoms with Gasteiger partial charge < -0.3 is 9.15 Å². The van der Waals surface area contributed by atoms with E-state index < -0.39 is 0 Å². The maximum Gasteiger partial charge on any atom is 0.260 e. The van der Waals surface area contributed by atoms with Crippen molar-refractivity contribution in [2.45, 2.75) is 13.5 Å². The van der Waals surface area contributed by atoms with Gasteiger partial charge in [0.2, 0.25) is 0 Å². The number of carbonyl (C=O) groups is 1. The van der Waals surface area contributed by atoms with E-state index in [0.717, 1.165) is 11.5 Å². The minimum Gasteiger partial charge on any atom is -0.464 e. The number of hydrazine groups is 1. The minimum atomic E-state index is -0.212. The first-order chi connectivity index (χ1) is 6.72. The summed E-state index contributed by atoms with van der Waals surface area (Å²) in [5.74, 6) is 1.35. The van der Waals surface area contributed by atoms with Crippen LogP contribution < -0.4 is 10.9 Å². The standard InChI is InChI=1S/C9H14N2O3/c1-7-3-4-8(14-7)5-13-6-9(12)11-10-2/h3-4,10H,5-6H2,1-2H3,(H,11,12). The Balaban J connectivity index is 2.18. The molecule has 5 heteroatoms. The van der Waals surface area contributed by atoms with Gasteiger partial charge in [-0.15, -0.1) is 0 Å². The van der Waals surface area contributed by atoms with Crippen LogP contribution in [0.15, 0.2) is 16.5 Å². The van der Waals surface area contributed by atoms with Crippen molar-refractivity contribution in [2.75, 3.05) is 13.7 Å². The Morgan fingerprint density at radius 1 is 1.57 bits per heavy atom. The zero-order valence-corrected chi connectivity index (χ0v) is 8.29. The summed E-state index contributed by atoms with van der Waals surface area (Å²) in [6.07, 6.45) is 0. The minimum absolute atomic E-state index is 0.0145. The largest absolute Gasteiger partial charge is 0.464 e. The van der Waals surface area contributed by atoms with Gasteiger partial charge in [-0.25, -0.2) is 5.43 Å². The first-order valence-electron chi connectivity index (χ1n) is 4.31. The van der Waals surface area contributed by atoms with Crippen LogP contribution in [0.1, 0.15) is 11.5 Å². The van der Waals surface area contributed by atoms with Crippen LogP contribution in [0, 0.1) is 6.92 Å². The van der Waals surface area contributed by atoms with Crippen molar-refractivity contribution in [3.05, 3.63) is 23.7 Å². The van der Waals surface area contributed by atoms with E-state index >= 15 is 0 Å². The monoisotopic (exact) mass is 198 g/mol. The van der Waals surface area contributed by atoms with Crippen LogP contribution in [0.4, 0.5) is 0 Å². The van der Waals surface area contributed by atoms with Gasteiger partial charge in [-0.2, -0.15) is 0 Å². The van der Waals surface area contributed by atoms with E-state index in [-0.39, 0.29) is 12.5 Å². The Kier molecular flexibility index (Phi) is 4.15. The molecule has 0 aliphatic rings. The Hall–Kier alpha value is -1.33. The average molecular weight is 198 g/mol. The van der Waals surface area contributed by atoms with Gasteiger partial charge in [0.25, 0.3) is 5.91 Å². The van der Waals surface area contributed by atoms with Crippen molar-refractivity contribution < 1.29 is 13.9 Å². The number of hydrogen-bond donors (Lipinski definition) is 2. The Morgan fingerprint density at radius 2 is 2.36 bits per heavy atom. The van der Waals surface area contributed by atoms with E-state index in [1.54, 1.807) is 7.05 Å². The predicted octanol–water partition coefficient (Wildman–Crippen LogP) is 0.355. The molecule has 5 nitrogen and oxygen atoms in total. The van der Waals surface area contributed by atoms with Crippen molar-refractivity contribution in [2.24, 2.45) is 0 Å². The van der Waals surface area contributed by atoms with Crippen LogP contribution in [-0.2, 0) is 16.1 Å². The van der Waals surface area contributed by atoms with Crippen LogP contribution in [-0.4, -0.2) is 19.6 Å². The SMILES string of the molecule is CNNC(=O)COCc1ccc(C)o1. The number of rotatable bonds is 5. The molecule has 0 atom stereocenters. The molecule has 14 heavy (non-hydrogen) atoms. The number of ether oxygens (including phenoxy) is 1.